The molecule has 15 heavy (non-hydrogen) atoms. The lowest BCUT2D eigenvalue weighted by molar-refractivity contribution is 0.0518. The van der Waals surface area contributed by atoms with E-state index in [-0.39, 0.29) is 0 Å². The van der Waals surface area contributed by atoms with Gasteiger partial charge in [-0.15, -0.1) is 11.6 Å². The molecule has 0 unspecified atom stereocenters. The highest BCUT2D eigenvalue weighted by Crippen LogP contribution is 2.17. The first-order valence-corrected chi connectivity index (χ1v) is 6.25. The Morgan fingerprint density at radius 3 is 2.53 bits per heavy atom. The number of halogens is 1. The Hall–Kier alpha value is 0.170. The third kappa shape index (κ3) is 5.71. The lowest BCUT2D eigenvalue weighted by atomic mass is 9.99. The van der Waals surface area contributed by atoms with Gasteiger partial charge in [-0.25, -0.2) is 0 Å². The van der Waals surface area contributed by atoms with Gasteiger partial charge in [-0.05, 0) is 31.8 Å². The molecule has 0 spiro atoms. The highest BCUT2D eigenvalue weighted by atomic mass is 35.5. The average molecular weight is 236 g/mol. The summed E-state index contributed by atoms with van der Waals surface area (Å²) in [5.41, 5.74) is 0. The summed E-state index contributed by atoms with van der Waals surface area (Å²) in [7, 11) is 1.69. The number of ether oxygens (including phenoxy) is 2. The van der Waals surface area contributed by atoms with Crippen LogP contribution >= 0.6 is 11.6 Å². The molecule has 0 bridgehead atoms. The van der Waals surface area contributed by atoms with Crippen LogP contribution in [0.5, 0.6) is 0 Å². The smallest absolute Gasteiger partial charge is 0.0700 e. The third-order valence-electron chi connectivity index (χ3n) is 2.91. The van der Waals surface area contributed by atoms with E-state index in [0.717, 1.165) is 24.9 Å². The van der Waals surface area contributed by atoms with Crippen LogP contribution < -0.4 is 0 Å². The lowest BCUT2D eigenvalue weighted by Crippen LogP contribution is -2.36. The summed E-state index contributed by atoms with van der Waals surface area (Å²) in [4.78, 5) is 2.45. The molecule has 1 aliphatic heterocycles. The molecule has 1 saturated heterocycles. The van der Waals surface area contributed by atoms with E-state index >= 15 is 0 Å². The second-order valence-corrected chi connectivity index (χ2v) is 4.35. The Bertz CT molecular complexity index is 150. The molecule has 0 saturated carbocycles. The molecule has 1 rings (SSSR count). The first-order valence-electron chi connectivity index (χ1n) is 5.71. The zero-order chi connectivity index (χ0) is 10.9. The summed E-state index contributed by atoms with van der Waals surface area (Å²) in [6.45, 7) is 5.59. The number of methoxy groups -OCH3 is 1. The Morgan fingerprint density at radius 2 is 1.93 bits per heavy atom. The van der Waals surface area contributed by atoms with E-state index in [1.807, 2.05) is 0 Å². The zero-order valence-electron chi connectivity index (χ0n) is 9.58. The number of likely N-dealkylation sites (tertiary alicyclic amines) is 1. The Kier molecular flexibility index (Phi) is 7.36. The summed E-state index contributed by atoms with van der Waals surface area (Å²) in [6.07, 6.45) is 2.48. The molecule has 0 aromatic rings. The van der Waals surface area contributed by atoms with Gasteiger partial charge in [-0.1, -0.05) is 0 Å². The maximum Gasteiger partial charge on any atom is 0.0700 e. The molecule has 0 aromatic heterocycles. The standard InChI is InChI=1S/C11H22ClNO2/c1-14-8-9-15-7-6-13-4-2-11(10-12)3-5-13/h11H,2-10H2,1H3. The van der Waals surface area contributed by atoms with Gasteiger partial charge in [-0.2, -0.15) is 0 Å². The molecule has 0 atom stereocenters. The van der Waals surface area contributed by atoms with Crippen LogP contribution in [0.3, 0.4) is 0 Å². The number of hydrogen-bond acceptors (Lipinski definition) is 3. The maximum atomic E-state index is 5.83. The quantitative estimate of drug-likeness (QED) is 0.494. The van der Waals surface area contributed by atoms with Gasteiger partial charge in [0, 0.05) is 19.5 Å². The van der Waals surface area contributed by atoms with Crippen molar-refractivity contribution in [3.05, 3.63) is 0 Å². The fourth-order valence-electron chi connectivity index (χ4n) is 1.80. The molecule has 1 fully saturated rings. The van der Waals surface area contributed by atoms with Gasteiger partial charge in [0.1, 0.15) is 0 Å². The van der Waals surface area contributed by atoms with Crippen molar-refractivity contribution < 1.29 is 9.47 Å². The molecule has 1 heterocycles. The largest absolute Gasteiger partial charge is 0.382 e. The zero-order valence-corrected chi connectivity index (χ0v) is 10.3. The second-order valence-electron chi connectivity index (χ2n) is 4.04. The van der Waals surface area contributed by atoms with Crippen molar-refractivity contribution in [3.8, 4) is 0 Å². The van der Waals surface area contributed by atoms with Crippen LogP contribution in [0.1, 0.15) is 12.8 Å². The van der Waals surface area contributed by atoms with E-state index in [2.05, 4.69) is 4.90 Å². The fraction of sp³-hybridized carbons (Fsp3) is 1.00. The third-order valence-corrected chi connectivity index (χ3v) is 3.35. The van der Waals surface area contributed by atoms with Crippen LogP contribution in [-0.2, 0) is 9.47 Å². The van der Waals surface area contributed by atoms with Crippen LogP contribution in [-0.4, -0.2) is 57.3 Å². The van der Waals surface area contributed by atoms with Crippen LogP contribution in [0.4, 0.5) is 0 Å². The van der Waals surface area contributed by atoms with Gasteiger partial charge < -0.3 is 14.4 Å². The summed E-state index contributed by atoms with van der Waals surface area (Å²) >= 11 is 5.83. The molecular weight excluding hydrogens is 214 g/mol. The van der Waals surface area contributed by atoms with E-state index in [9.17, 15) is 0 Å². The van der Waals surface area contributed by atoms with E-state index in [0.29, 0.717) is 13.2 Å². The van der Waals surface area contributed by atoms with Gasteiger partial charge >= 0.3 is 0 Å². The van der Waals surface area contributed by atoms with Gasteiger partial charge in [0.15, 0.2) is 0 Å². The number of alkyl halides is 1. The van der Waals surface area contributed by atoms with Crippen molar-refractivity contribution in [2.75, 3.05) is 52.4 Å². The predicted molar refractivity (Wildman–Crippen MR) is 62.6 cm³/mol. The van der Waals surface area contributed by atoms with Crippen molar-refractivity contribution in [2.24, 2.45) is 5.92 Å². The number of nitrogens with zero attached hydrogens (tertiary/aromatic N) is 1. The van der Waals surface area contributed by atoms with Crippen molar-refractivity contribution in [1.29, 1.82) is 0 Å². The first kappa shape index (κ1) is 13.2. The molecule has 3 nitrogen and oxygen atoms in total. The van der Waals surface area contributed by atoms with E-state index in [1.54, 1.807) is 7.11 Å². The highest BCUT2D eigenvalue weighted by molar-refractivity contribution is 6.18. The molecule has 0 radical (unpaired) electrons. The molecule has 0 aromatic carbocycles. The fourth-order valence-corrected chi connectivity index (χ4v) is 2.11. The lowest BCUT2D eigenvalue weighted by Gasteiger charge is -2.30. The molecule has 0 N–H and O–H groups in total. The maximum absolute atomic E-state index is 5.83. The summed E-state index contributed by atoms with van der Waals surface area (Å²) in [5.74, 6) is 1.55. The minimum atomic E-state index is 0.689. The number of hydrogen-bond donors (Lipinski definition) is 0. The minimum Gasteiger partial charge on any atom is -0.382 e. The van der Waals surface area contributed by atoms with Crippen molar-refractivity contribution in [2.45, 2.75) is 12.8 Å². The summed E-state index contributed by atoms with van der Waals surface area (Å²) in [6, 6.07) is 0. The summed E-state index contributed by atoms with van der Waals surface area (Å²) < 4.78 is 10.3. The monoisotopic (exact) mass is 235 g/mol. The predicted octanol–water partition coefficient (Wildman–Crippen LogP) is 1.60. The summed E-state index contributed by atoms with van der Waals surface area (Å²) in [5, 5.41) is 0. The molecule has 0 aliphatic carbocycles. The Labute approximate surface area is 97.7 Å². The van der Waals surface area contributed by atoms with Crippen molar-refractivity contribution in [1.82, 2.24) is 4.90 Å². The molecule has 4 heteroatoms. The van der Waals surface area contributed by atoms with Crippen molar-refractivity contribution in [3.63, 3.8) is 0 Å². The topological polar surface area (TPSA) is 21.7 Å². The molecule has 0 amide bonds. The molecule has 1 aliphatic rings. The van der Waals surface area contributed by atoms with Gasteiger partial charge in [0.25, 0.3) is 0 Å². The number of rotatable bonds is 7. The normalized spacial score (nSPS) is 19.6. The SMILES string of the molecule is COCCOCCN1CCC(CCl)CC1. The Balaban J connectivity index is 1.94. The van der Waals surface area contributed by atoms with Crippen LogP contribution in [0.2, 0.25) is 0 Å². The molecule has 90 valence electrons. The Morgan fingerprint density at radius 1 is 1.20 bits per heavy atom. The van der Waals surface area contributed by atoms with Gasteiger partial charge in [0.2, 0.25) is 0 Å². The van der Waals surface area contributed by atoms with E-state index < -0.39 is 0 Å². The van der Waals surface area contributed by atoms with Crippen LogP contribution in [0.15, 0.2) is 0 Å². The van der Waals surface area contributed by atoms with Gasteiger partial charge in [-0.3, -0.25) is 0 Å². The minimum absolute atomic E-state index is 0.689. The van der Waals surface area contributed by atoms with Gasteiger partial charge in [0.05, 0.1) is 19.8 Å². The molecular formula is C11H22ClNO2. The number of piperidine rings is 1. The highest BCUT2D eigenvalue weighted by Gasteiger charge is 2.17. The average Bonchev–Trinajstić information content (AvgIpc) is 2.30. The first-order chi connectivity index (χ1) is 7.36. The van der Waals surface area contributed by atoms with Crippen molar-refractivity contribution >= 4 is 11.6 Å². The van der Waals surface area contributed by atoms with Crippen LogP contribution in [0, 0.1) is 5.92 Å². The van der Waals surface area contributed by atoms with Crippen LogP contribution in [0.25, 0.3) is 0 Å². The van der Waals surface area contributed by atoms with E-state index in [1.165, 1.54) is 25.9 Å². The van der Waals surface area contributed by atoms with E-state index in [4.69, 9.17) is 21.1 Å². The second kappa shape index (κ2) is 8.34.